The number of thiophene rings is 1. The molecule has 3 rings (SSSR count). The number of nitrogens with zero attached hydrogens (tertiary/aromatic N) is 1. The van der Waals surface area contributed by atoms with Crippen LogP contribution in [0.2, 0.25) is 0 Å². The van der Waals surface area contributed by atoms with Crippen molar-refractivity contribution in [3.8, 4) is 0 Å². The molecule has 2 aliphatic rings. The number of amides is 1. The summed E-state index contributed by atoms with van der Waals surface area (Å²) < 4.78 is 0. The molecule has 116 valence electrons. The molecule has 0 saturated heterocycles. The van der Waals surface area contributed by atoms with Crippen LogP contribution in [0.3, 0.4) is 0 Å². The minimum atomic E-state index is 0.262. The van der Waals surface area contributed by atoms with Gasteiger partial charge in [0.1, 0.15) is 0 Å². The molecule has 1 saturated carbocycles. The third kappa shape index (κ3) is 3.49. The Morgan fingerprint density at radius 3 is 3.10 bits per heavy atom. The lowest BCUT2D eigenvalue weighted by molar-refractivity contribution is -0.131. The summed E-state index contributed by atoms with van der Waals surface area (Å²) in [6, 6.07) is 2.68. The van der Waals surface area contributed by atoms with Crippen molar-refractivity contribution < 1.29 is 4.79 Å². The second-order valence-corrected chi connectivity index (χ2v) is 7.82. The summed E-state index contributed by atoms with van der Waals surface area (Å²) in [7, 11) is 0. The van der Waals surface area contributed by atoms with E-state index in [1.54, 1.807) is 0 Å². The highest BCUT2D eigenvalue weighted by Gasteiger charge is 2.27. The smallest absolute Gasteiger partial charge is 0.236 e. The van der Waals surface area contributed by atoms with E-state index >= 15 is 0 Å². The number of carbonyl (C=O) groups excluding carboxylic acids is 1. The van der Waals surface area contributed by atoms with E-state index in [4.69, 9.17) is 0 Å². The van der Waals surface area contributed by atoms with E-state index in [-0.39, 0.29) is 5.91 Å². The molecule has 1 N–H and O–H groups in total. The molecular weight excluding hydrogens is 280 g/mol. The number of fused-ring (bicyclic) bond motifs is 1. The first kappa shape index (κ1) is 15.0. The first-order valence-electron chi connectivity index (χ1n) is 8.20. The van der Waals surface area contributed by atoms with Crippen LogP contribution in [0.25, 0.3) is 0 Å². The minimum Gasteiger partial charge on any atom is -0.337 e. The average Bonchev–Trinajstić information content (AvgIpc) is 2.93. The van der Waals surface area contributed by atoms with Crippen LogP contribution >= 0.6 is 11.3 Å². The summed E-state index contributed by atoms with van der Waals surface area (Å²) in [5, 5.41) is 5.66. The molecule has 21 heavy (non-hydrogen) atoms. The Bertz CT molecular complexity index is 499. The van der Waals surface area contributed by atoms with Crippen LogP contribution in [-0.4, -0.2) is 29.9 Å². The molecule has 1 aromatic rings. The van der Waals surface area contributed by atoms with Crippen LogP contribution in [0.1, 0.15) is 43.6 Å². The number of hydrogen-bond acceptors (Lipinski definition) is 3. The van der Waals surface area contributed by atoms with Gasteiger partial charge in [-0.2, -0.15) is 0 Å². The molecule has 2 heterocycles. The summed E-state index contributed by atoms with van der Waals surface area (Å²) in [6.07, 6.45) is 4.81. The van der Waals surface area contributed by atoms with Crippen LogP contribution in [0, 0.1) is 11.8 Å². The van der Waals surface area contributed by atoms with E-state index < -0.39 is 0 Å². The summed E-state index contributed by atoms with van der Waals surface area (Å²) in [5.74, 6) is 1.79. The molecule has 1 aliphatic heterocycles. The number of rotatable bonds is 3. The van der Waals surface area contributed by atoms with Crippen molar-refractivity contribution in [1.29, 1.82) is 0 Å². The highest BCUT2D eigenvalue weighted by atomic mass is 32.1. The molecule has 0 radical (unpaired) electrons. The second kappa shape index (κ2) is 6.49. The molecule has 0 aromatic carbocycles. The third-order valence-electron chi connectivity index (χ3n) is 5.11. The Balaban J connectivity index is 1.49. The van der Waals surface area contributed by atoms with Crippen molar-refractivity contribution >= 4 is 17.2 Å². The van der Waals surface area contributed by atoms with Crippen molar-refractivity contribution in [1.82, 2.24) is 10.2 Å². The summed E-state index contributed by atoms with van der Waals surface area (Å²) in [6.45, 7) is 6.84. The van der Waals surface area contributed by atoms with E-state index in [0.29, 0.717) is 18.5 Å². The van der Waals surface area contributed by atoms with Gasteiger partial charge in [-0.15, -0.1) is 11.3 Å². The molecule has 3 atom stereocenters. The maximum Gasteiger partial charge on any atom is 0.236 e. The largest absolute Gasteiger partial charge is 0.337 e. The SMILES string of the molecule is CC1CCC(NCC(=O)N2CCc3sccc3C2)C(C)C1. The van der Waals surface area contributed by atoms with Gasteiger partial charge in [-0.05, 0) is 54.5 Å². The van der Waals surface area contributed by atoms with Gasteiger partial charge >= 0.3 is 0 Å². The van der Waals surface area contributed by atoms with E-state index in [9.17, 15) is 4.79 Å². The number of carbonyl (C=O) groups is 1. The van der Waals surface area contributed by atoms with Gasteiger partial charge < -0.3 is 10.2 Å². The number of nitrogens with one attached hydrogen (secondary N) is 1. The molecule has 3 nitrogen and oxygen atoms in total. The Morgan fingerprint density at radius 1 is 1.43 bits per heavy atom. The first-order chi connectivity index (χ1) is 10.1. The normalized spacial score (nSPS) is 29.2. The van der Waals surface area contributed by atoms with Crippen LogP contribution in [0.5, 0.6) is 0 Å². The zero-order valence-corrected chi connectivity index (χ0v) is 13.9. The van der Waals surface area contributed by atoms with Crippen molar-refractivity contribution in [3.05, 3.63) is 21.9 Å². The first-order valence-corrected chi connectivity index (χ1v) is 9.08. The van der Waals surface area contributed by atoms with E-state index in [2.05, 4.69) is 30.6 Å². The van der Waals surface area contributed by atoms with Gasteiger partial charge in [0.25, 0.3) is 0 Å². The Kier molecular flexibility index (Phi) is 4.65. The van der Waals surface area contributed by atoms with Gasteiger partial charge in [0.05, 0.1) is 6.54 Å². The zero-order chi connectivity index (χ0) is 14.8. The van der Waals surface area contributed by atoms with Crippen molar-refractivity contribution in [3.63, 3.8) is 0 Å². The topological polar surface area (TPSA) is 32.3 Å². The van der Waals surface area contributed by atoms with Crippen molar-refractivity contribution in [2.45, 2.75) is 52.1 Å². The van der Waals surface area contributed by atoms with Gasteiger partial charge in [0.2, 0.25) is 5.91 Å². The predicted octanol–water partition coefficient (Wildman–Crippen LogP) is 3.05. The molecule has 1 aromatic heterocycles. The minimum absolute atomic E-state index is 0.262. The molecule has 3 unspecified atom stereocenters. The van der Waals surface area contributed by atoms with Gasteiger partial charge in [0.15, 0.2) is 0 Å². The third-order valence-corrected chi connectivity index (χ3v) is 6.13. The zero-order valence-electron chi connectivity index (χ0n) is 13.1. The van der Waals surface area contributed by atoms with Crippen molar-refractivity contribution in [2.75, 3.05) is 13.1 Å². The number of hydrogen-bond donors (Lipinski definition) is 1. The van der Waals surface area contributed by atoms with Crippen LogP contribution in [0.15, 0.2) is 11.4 Å². The van der Waals surface area contributed by atoms with E-state index in [1.807, 2.05) is 16.2 Å². The average molecular weight is 306 g/mol. The molecule has 1 amide bonds. The molecule has 0 bridgehead atoms. The van der Waals surface area contributed by atoms with Crippen LogP contribution in [0.4, 0.5) is 0 Å². The quantitative estimate of drug-likeness (QED) is 0.931. The lowest BCUT2D eigenvalue weighted by Crippen LogP contribution is -2.46. The van der Waals surface area contributed by atoms with Gasteiger partial charge in [-0.1, -0.05) is 13.8 Å². The summed E-state index contributed by atoms with van der Waals surface area (Å²) in [5.41, 5.74) is 1.35. The van der Waals surface area contributed by atoms with E-state index in [0.717, 1.165) is 25.4 Å². The van der Waals surface area contributed by atoms with Crippen LogP contribution in [-0.2, 0) is 17.8 Å². The fourth-order valence-corrected chi connectivity index (χ4v) is 4.65. The maximum atomic E-state index is 12.4. The summed E-state index contributed by atoms with van der Waals surface area (Å²) in [4.78, 5) is 15.9. The Labute approximate surface area is 131 Å². The molecule has 0 spiro atoms. The fraction of sp³-hybridized carbons (Fsp3) is 0.706. The van der Waals surface area contributed by atoms with Gasteiger partial charge in [0, 0.05) is 24.0 Å². The van der Waals surface area contributed by atoms with Gasteiger partial charge in [-0.3, -0.25) is 4.79 Å². The Morgan fingerprint density at radius 2 is 2.29 bits per heavy atom. The molecule has 1 fully saturated rings. The fourth-order valence-electron chi connectivity index (χ4n) is 3.76. The van der Waals surface area contributed by atoms with Crippen molar-refractivity contribution in [2.24, 2.45) is 11.8 Å². The standard InChI is InChI=1S/C17H26N2OS/c1-12-3-4-15(13(2)9-12)18-10-17(20)19-7-5-16-14(11-19)6-8-21-16/h6,8,12-13,15,18H,3-5,7,9-11H2,1-2H3. The highest BCUT2D eigenvalue weighted by Crippen LogP contribution is 2.28. The highest BCUT2D eigenvalue weighted by molar-refractivity contribution is 7.10. The molecule has 4 heteroatoms. The maximum absolute atomic E-state index is 12.4. The Hall–Kier alpha value is -0.870. The molecule has 1 aliphatic carbocycles. The van der Waals surface area contributed by atoms with Crippen LogP contribution < -0.4 is 5.32 Å². The van der Waals surface area contributed by atoms with E-state index in [1.165, 1.54) is 29.7 Å². The molecular formula is C17H26N2OS. The summed E-state index contributed by atoms with van der Waals surface area (Å²) >= 11 is 1.82. The predicted molar refractivity (Wildman–Crippen MR) is 87.4 cm³/mol. The lowest BCUT2D eigenvalue weighted by Gasteiger charge is -2.34. The monoisotopic (exact) mass is 306 g/mol. The van der Waals surface area contributed by atoms with Gasteiger partial charge in [-0.25, -0.2) is 0 Å². The second-order valence-electron chi connectivity index (χ2n) is 6.82. The lowest BCUT2D eigenvalue weighted by atomic mass is 9.80.